The van der Waals surface area contributed by atoms with E-state index in [1.165, 1.54) is 37.7 Å². The van der Waals surface area contributed by atoms with Gasteiger partial charge >= 0.3 is 0 Å². The summed E-state index contributed by atoms with van der Waals surface area (Å²) in [5.41, 5.74) is 1.04. The number of carbonyl (C=O) groups excluding carboxylic acids is 1. The second-order valence-electron chi connectivity index (χ2n) is 6.19. The molecule has 2 aliphatic carbocycles. The van der Waals surface area contributed by atoms with E-state index in [0.29, 0.717) is 11.9 Å². The Morgan fingerprint density at radius 1 is 1.26 bits per heavy atom. The normalized spacial score (nSPS) is 30.2. The molecule has 1 aromatic heterocycles. The van der Waals surface area contributed by atoms with E-state index >= 15 is 0 Å². The molecule has 4 rings (SSSR count). The molecule has 4 heteroatoms. The zero-order valence-corrected chi connectivity index (χ0v) is 11.9. The summed E-state index contributed by atoms with van der Waals surface area (Å²) in [5.74, 6) is 0.380. The predicted molar refractivity (Wildman–Crippen MR) is 75.9 cm³/mol. The SMILES string of the molecule is O=C1N(C2CCC2)C(c2ccsc2)NC12CCCC2. The average Bonchev–Trinajstić information content (AvgIpc) is 3.04. The Kier molecular flexibility index (Phi) is 2.71. The first-order valence-electron chi connectivity index (χ1n) is 7.43. The maximum atomic E-state index is 12.9. The molecule has 1 unspecified atom stereocenters. The summed E-state index contributed by atoms with van der Waals surface area (Å²) in [7, 11) is 0. The number of nitrogens with zero attached hydrogens (tertiary/aromatic N) is 1. The minimum absolute atomic E-state index is 0.127. The van der Waals surface area contributed by atoms with Gasteiger partial charge in [0.25, 0.3) is 0 Å². The van der Waals surface area contributed by atoms with Crippen LogP contribution in [0.25, 0.3) is 0 Å². The summed E-state index contributed by atoms with van der Waals surface area (Å²) in [6, 6.07) is 2.64. The van der Waals surface area contributed by atoms with Gasteiger partial charge in [0.2, 0.25) is 5.91 Å². The van der Waals surface area contributed by atoms with Crippen LogP contribution in [0.1, 0.15) is 56.7 Å². The number of hydrogen-bond donors (Lipinski definition) is 1. The second-order valence-corrected chi connectivity index (χ2v) is 6.97. The van der Waals surface area contributed by atoms with Gasteiger partial charge in [-0.1, -0.05) is 12.8 Å². The molecule has 3 fully saturated rings. The lowest BCUT2D eigenvalue weighted by atomic mass is 9.89. The van der Waals surface area contributed by atoms with Crippen molar-refractivity contribution < 1.29 is 4.79 Å². The quantitative estimate of drug-likeness (QED) is 0.900. The molecule has 3 aliphatic rings. The van der Waals surface area contributed by atoms with Gasteiger partial charge in [-0.3, -0.25) is 10.1 Å². The van der Waals surface area contributed by atoms with Crippen LogP contribution >= 0.6 is 11.3 Å². The Bertz CT molecular complexity index is 474. The van der Waals surface area contributed by atoms with Crippen LogP contribution < -0.4 is 5.32 Å². The predicted octanol–water partition coefficient (Wildman–Crippen LogP) is 3.04. The number of thiophene rings is 1. The van der Waals surface area contributed by atoms with Gasteiger partial charge in [0.1, 0.15) is 6.17 Å². The largest absolute Gasteiger partial charge is 0.318 e. The van der Waals surface area contributed by atoms with Crippen molar-refractivity contribution in [2.75, 3.05) is 0 Å². The van der Waals surface area contributed by atoms with Gasteiger partial charge in [-0.2, -0.15) is 11.3 Å². The molecule has 1 saturated heterocycles. The minimum atomic E-state index is -0.234. The molecule has 1 aliphatic heterocycles. The highest BCUT2D eigenvalue weighted by atomic mass is 32.1. The molecule has 2 saturated carbocycles. The Hall–Kier alpha value is -0.870. The van der Waals surface area contributed by atoms with E-state index in [4.69, 9.17) is 0 Å². The Balaban J connectivity index is 1.70. The first-order chi connectivity index (χ1) is 9.30. The van der Waals surface area contributed by atoms with Crippen molar-refractivity contribution >= 4 is 17.2 Å². The van der Waals surface area contributed by atoms with Gasteiger partial charge in [0, 0.05) is 6.04 Å². The molecule has 1 spiro atoms. The summed E-state index contributed by atoms with van der Waals surface area (Å²) < 4.78 is 0. The topological polar surface area (TPSA) is 32.3 Å². The van der Waals surface area contributed by atoms with Crippen LogP contribution in [-0.4, -0.2) is 22.4 Å². The Morgan fingerprint density at radius 2 is 2.05 bits per heavy atom. The molecule has 3 nitrogen and oxygen atoms in total. The van der Waals surface area contributed by atoms with Crippen LogP contribution in [0.5, 0.6) is 0 Å². The third-order valence-corrected chi connectivity index (χ3v) is 5.82. The van der Waals surface area contributed by atoms with Crippen LogP contribution in [0.15, 0.2) is 16.8 Å². The molecule has 1 N–H and O–H groups in total. The van der Waals surface area contributed by atoms with E-state index in [9.17, 15) is 4.79 Å². The van der Waals surface area contributed by atoms with Crippen molar-refractivity contribution in [3.63, 3.8) is 0 Å². The zero-order chi connectivity index (χ0) is 12.9. The summed E-state index contributed by atoms with van der Waals surface area (Å²) in [6.45, 7) is 0. The second kappa shape index (κ2) is 4.32. The lowest BCUT2D eigenvalue weighted by molar-refractivity contribution is -0.137. The van der Waals surface area contributed by atoms with Gasteiger partial charge in [-0.05, 0) is 54.5 Å². The molecule has 1 atom stereocenters. The number of hydrogen-bond acceptors (Lipinski definition) is 3. The van der Waals surface area contributed by atoms with Crippen LogP contribution in [0.4, 0.5) is 0 Å². The third kappa shape index (κ3) is 1.69. The summed E-state index contributed by atoms with van der Waals surface area (Å²) >= 11 is 1.72. The van der Waals surface area contributed by atoms with Crippen LogP contribution in [0, 0.1) is 0 Å². The van der Waals surface area contributed by atoms with Gasteiger partial charge in [0.05, 0.1) is 5.54 Å². The zero-order valence-electron chi connectivity index (χ0n) is 11.1. The van der Waals surface area contributed by atoms with Crippen LogP contribution in [0.2, 0.25) is 0 Å². The fourth-order valence-corrected chi connectivity index (χ4v) is 4.49. The standard InChI is InChI=1S/C15H20N2OS/c18-14-15(7-1-2-8-15)16-13(11-6-9-19-10-11)17(14)12-4-3-5-12/h6,9-10,12-13,16H,1-5,7-8H2. The summed E-state index contributed by atoms with van der Waals surface area (Å²) in [6.07, 6.45) is 8.20. The van der Waals surface area contributed by atoms with Crippen LogP contribution in [-0.2, 0) is 4.79 Å². The van der Waals surface area contributed by atoms with Gasteiger partial charge < -0.3 is 4.90 Å². The monoisotopic (exact) mass is 276 g/mol. The van der Waals surface area contributed by atoms with Crippen molar-refractivity contribution in [1.29, 1.82) is 0 Å². The van der Waals surface area contributed by atoms with Crippen molar-refractivity contribution in [3.8, 4) is 0 Å². The van der Waals surface area contributed by atoms with E-state index in [1.807, 2.05) is 0 Å². The number of carbonyl (C=O) groups is 1. The molecule has 0 aromatic carbocycles. The van der Waals surface area contributed by atoms with Crippen LogP contribution in [0.3, 0.4) is 0 Å². The maximum Gasteiger partial charge on any atom is 0.244 e. The fraction of sp³-hybridized carbons (Fsp3) is 0.667. The summed E-state index contributed by atoms with van der Waals surface area (Å²) in [4.78, 5) is 15.1. The number of rotatable bonds is 2. The highest BCUT2D eigenvalue weighted by Crippen LogP contribution is 2.44. The van der Waals surface area contributed by atoms with E-state index in [0.717, 1.165) is 12.8 Å². The fourth-order valence-electron chi connectivity index (χ4n) is 3.81. The molecule has 102 valence electrons. The first kappa shape index (κ1) is 11.9. The van der Waals surface area contributed by atoms with Crippen molar-refractivity contribution in [1.82, 2.24) is 10.2 Å². The lowest BCUT2D eigenvalue weighted by Gasteiger charge is -2.38. The lowest BCUT2D eigenvalue weighted by Crippen LogP contribution is -2.47. The molecule has 19 heavy (non-hydrogen) atoms. The third-order valence-electron chi connectivity index (χ3n) is 5.12. The summed E-state index contributed by atoms with van der Waals surface area (Å²) in [5, 5.41) is 8.00. The van der Waals surface area contributed by atoms with Crippen molar-refractivity contribution in [3.05, 3.63) is 22.4 Å². The van der Waals surface area contributed by atoms with Gasteiger partial charge in [0.15, 0.2) is 0 Å². The molecule has 0 radical (unpaired) electrons. The molecule has 2 heterocycles. The van der Waals surface area contributed by atoms with Crippen molar-refractivity contribution in [2.45, 2.75) is 62.7 Å². The van der Waals surface area contributed by atoms with E-state index in [-0.39, 0.29) is 11.7 Å². The molecule has 1 amide bonds. The van der Waals surface area contributed by atoms with E-state index in [1.54, 1.807) is 11.3 Å². The highest BCUT2D eigenvalue weighted by Gasteiger charge is 2.54. The van der Waals surface area contributed by atoms with Gasteiger partial charge in [-0.15, -0.1) is 0 Å². The Morgan fingerprint density at radius 3 is 2.63 bits per heavy atom. The van der Waals surface area contributed by atoms with E-state index in [2.05, 4.69) is 27.0 Å². The molecule has 0 bridgehead atoms. The Labute approximate surface area is 118 Å². The minimum Gasteiger partial charge on any atom is -0.318 e. The average molecular weight is 276 g/mol. The smallest absolute Gasteiger partial charge is 0.244 e. The first-order valence-corrected chi connectivity index (χ1v) is 8.37. The van der Waals surface area contributed by atoms with Gasteiger partial charge in [-0.25, -0.2) is 0 Å². The molecule has 1 aromatic rings. The van der Waals surface area contributed by atoms with Crippen molar-refractivity contribution in [2.24, 2.45) is 0 Å². The maximum absolute atomic E-state index is 12.9. The highest BCUT2D eigenvalue weighted by molar-refractivity contribution is 7.07. The number of nitrogens with one attached hydrogen (secondary N) is 1. The van der Waals surface area contributed by atoms with E-state index < -0.39 is 0 Å². The number of amides is 1. The molecular formula is C15H20N2OS. The molecular weight excluding hydrogens is 256 g/mol.